The van der Waals surface area contributed by atoms with Crippen LogP contribution in [-0.4, -0.2) is 43.9 Å². The summed E-state index contributed by atoms with van der Waals surface area (Å²) >= 11 is 0. The molecule has 1 aliphatic rings. The molecule has 1 unspecified atom stereocenters. The van der Waals surface area contributed by atoms with Crippen LogP contribution in [0.25, 0.3) is 0 Å². The molecule has 29 heavy (non-hydrogen) atoms. The Balaban J connectivity index is 1.63. The first-order valence-electron chi connectivity index (χ1n) is 10.4. The van der Waals surface area contributed by atoms with Crippen molar-refractivity contribution in [1.82, 2.24) is 10.2 Å². The maximum atomic E-state index is 12.6. The summed E-state index contributed by atoms with van der Waals surface area (Å²) in [6.07, 6.45) is 4.04. The average Bonchev–Trinajstić information content (AvgIpc) is 2.74. The fraction of sp³-hybridized carbons (Fsp3) is 0.417. The lowest BCUT2D eigenvalue weighted by molar-refractivity contribution is -0.121. The summed E-state index contributed by atoms with van der Waals surface area (Å²) in [5, 5.41) is 3.14. The van der Waals surface area contributed by atoms with Crippen LogP contribution in [0.15, 0.2) is 48.5 Å². The summed E-state index contributed by atoms with van der Waals surface area (Å²) in [7, 11) is 3.46. The van der Waals surface area contributed by atoms with E-state index in [1.807, 2.05) is 25.1 Å². The topological polar surface area (TPSA) is 52.7 Å². The first-order chi connectivity index (χ1) is 14.0. The number of anilines is 1. The minimum absolute atomic E-state index is 0.0161. The van der Waals surface area contributed by atoms with Gasteiger partial charge in [0.15, 0.2) is 0 Å². The van der Waals surface area contributed by atoms with Crippen molar-refractivity contribution in [3.8, 4) is 0 Å². The number of carbonyl (C=O) groups is 2. The summed E-state index contributed by atoms with van der Waals surface area (Å²) in [5.74, 6) is -0.0541. The fourth-order valence-electron chi connectivity index (χ4n) is 3.86. The van der Waals surface area contributed by atoms with Crippen molar-refractivity contribution in [1.29, 1.82) is 0 Å². The summed E-state index contributed by atoms with van der Waals surface area (Å²) in [5.41, 5.74) is 3.92. The Hall–Kier alpha value is -2.82. The Morgan fingerprint density at radius 2 is 1.66 bits per heavy atom. The molecule has 2 aromatic carbocycles. The van der Waals surface area contributed by atoms with E-state index >= 15 is 0 Å². The molecule has 1 atom stereocenters. The highest BCUT2D eigenvalue weighted by atomic mass is 16.2. The highest BCUT2D eigenvalue weighted by Gasteiger charge is 2.19. The van der Waals surface area contributed by atoms with Crippen molar-refractivity contribution in [2.45, 2.75) is 38.6 Å². The molecule has 3 rings (SSSR count). The third kappa shape index (κ3) is 5.37. The smallest absolute Gasteiger partial charge is 0.253 e. The van der Waals surface area contributed by atoms with Gasteiger partial charge in [0.25, 0.3) is 5.91 Å². The number of benzene rings is 2. The Morgan fingerprint density at radius 3 is 2.31 bits per heavy atom. The van der Waals surface area contributed by atoms with Crippen LogP contribution in [0.5, 0.6) is 0 Å². The van der Waals surface area contributed by atoms with E-state index < -0.39 is 0 Å². The van der Waals surface area contributed by atoms with E-state index in [4.69, 9.17) is 0 Å². The average molecular weight is 394 g/mol. The van der Waals surface area contributed by atoms with Gasteiger partial charge in [0.2, 0.25) is 5.91 Å². The van der Waals surface area contributed by atoms with Gasteiger partial charge in [0.1, 0.15) is 0 Å². The molecule has 1 N–H and O–H groups in total. The molecule has 1 fully saturated rings. The van der Waals surface area contributed by atoms with Gasteiger partial charge < -0.3 is 15.1 Å². The largest absolute Gasteiger partial charge is 0.371 e. The number of carbonyl (C=O) groups excluding carboxylic acids is 2. The SMILES string of the molecule is CC(NC(=O)Cc1ccc(C(=O)N(C)C)cc1)c1ccccc1N1CCCCC1. The van der Waals surface area contributed by atoms with E-state index in [-0.39, 0.29) is 17.9 Å². The van der Waals surface area contributed by atoms with Crippen molar-refractivity contribution in [2.24, 2.45) is 0 Å². The number of amides is 2. The van der Waals surface area contributed by atoms with Crippen LogP contribution < -0.4 is 10.2 Å². The maximum Gasteiger partial charge on any atom is 0.253 e. The van der Waals surface area contributed by atoms with E-state index in [9.17, 15) is 9.59 Å². The molecule has 5 heteroatoms. The second kappa shape index (κ2) is 9.59. The molecule has 2 amide bonds. The molecule has 0 bridgehead atoms. The highest BCUT2D eigenvalue weighted by Crippen LogP contribution is 2.28. The molecule has 0 radical (unpaired) electrons. The summed E-state index contributed by atoms with van der Waals surface area (Å²) in [6, 6.07) is 15.6. The molecular weight excluding hydrogens is 362 g/mol. The molecule has 154 valence electrons. The normalized spacial score (nSPS) is 14.9. The second-order valence-electron chi connectivity index (χ2n) is 7.97. The van der Waals surface area contributed by atoms with Crippen LogP contribution in [-0.2, 0) is 11.2 Å². The molecule has 2 aromatic rings. The molecule has 0 saturated carbocycles. The third-order valence-electron chi connectivity index (χ3n) is 5.45. The van der Waals surface area contributed by atoms with Gasteiger partial charge in [-0.25, -0.2) is 0 Å². The van der Waals surface area contributed by atoms with Gasteiger partial charge in [0, 0.05) is 38.4 Å². The van der Waals surface area contributed by atoms with Gasteiger partial charge in [0.05, 0.1) is 12.5 Å². The zero-order valence-electron chi connectivity index (χ0n) is 17.6. The quantitative estimate of drug-likeness (QED) is 0.812. The lowest BCUT2D eigenvalue weighted by atomic mass is 10.0. The first kappa shape index (κ1) is 20.9. The van der Waals surface area contributed by atoms with Gasteiger partial charge >= 0.3 is 0 Å². The van der Waals surface area contributed by atoms with Crippen molar-refractivity contribution >= 4 is 17.5 Å². The molecule has 0 aromatic heterocycles. The van der Waals surface area contributed by atoms with Crippen molar-refractivity contribution in [3.05, 3.63) is 65.2 Å². The number of rotatable bonds is 6. The number of hydrogen-bond acceptors (Lipinski definition) is 3. The monoisotopic (exact) mass is 393 g/mol. The lowest BCUT2D eigenvalue weighted by Gasteiger charge is -2.32. The maximum absolute atomic E-state index is 12.6. The van der Waals surface area contributed by atoms with Crippen molar-refractivity contribution in [2.75, 3.05) is 32.1 Å². The molecule has 1 saturated heterocycles. The van der Waals surface area contributed by atoms with E-state index in [0.717, 1.165) is 24.2 Å². The zero-order chi connectivity index (χ0) is 20.8. The third-order valence-corrected chi connectivity index (χ3v) is 5.45. The van der Waals surface area contributed by atoms with Gasteiger partial charge in [-0.3, -0.25) is 9.59 Å². The predicted molar refractivity (Wildman–Crippen MR) is 117 cm³/mol. The Kier molecular flexibility index (Phi) is 6.91. The Bertz CT molecular complexity index is 839. The molecule has 0 spiro atoms. The van der Waals surface area contributed by atoms with E-state index in [1.54, 1.807) is 31.1 Å². The zero-order valence-corrected chi connectivity index (χ0v) is 17.6. The van der Waals surface area contributed by atoms with Gasteiger partial charge in [-0.05, 0) is 55.5 Å². The van der Waals surface area contributed by atoms with E-state index in [1.165, 1.54) is 24.9 Å². The van der Waals surface area contributed by atoms with Gasteiger partial charge in [-0.2, -0.15) is 0 Å². The molecule has 1 heterocycles. The standard InChI is InChI=1S/C24H31N3O2/c1-18(21-9-5-6-10-22(21)27-15-7-4-8-16-27)25-23(28)17-19-11-13-20(14-12-19)24(29)26(2)3/h5-6,9-14,18H,4,7-8,15-17H2,1-3H3,(H,25,28). The van der Waals surface area contributed by atoms with E-state index in [2.05, 4.69) is 28.4 Å². The lowest BCUT2D eigenvalue weighted by Crippen LogP contribution is -2.33. The second-order valence-corrected chi connectivity index (χ2v) is 7.97. The summed E-state index contributed by atoms with van der Waals surface area (Å²) in [6.45, 7) is 4.20. The number of piperidine rings is 1. The predicted octanol–water partition coefficient (Wildman–Crippen LogP) is 3.80. The molecule has 0 aliphatic carbocycles. The molecule has 1 aliphatic heterocycles. The number of nitrogens with zero attached hydrogens (tertiary/aromatic N) is 2. The minimum atomic E-state index is -0.0600. The first-order valence-corrected chi connectivity index (χ1v) is 10.4. The summed E-state index contributed by atoms with van der Waals surface area (Å²) < 4.78 is 0. The highest BCUT2D eigenvalue weighted by molar-refractivity contribution is 5.94. The van der Waals surface area contributed by atoms with Crippen LogP contribution >= 0.6 is 0 Å². The molecule has 5 nitrogen and oxygen atoms in total. The Labute approximate surface area is 173 Å². The molecular formula is C24H31N3O2. The number of para-hydroxylation sites is 1. The minimum Gasteiger partial charge on any atom is -0.371 e. The van der Waals surface area contributed by atoms with Gasteiger partial charge in [-0.15, -0.1) is 0 Å². The van der Waals surface area contributed by atoms with E-state index in [0.29, 0.717) is 12.0 Å². The number of nitrogens with one attached hydrogen (secondary N) is 1. The van der Waals surface area contributed by atoms with Gasteiger partial charge in [-0.1, -0.05) is 30.3 Å². The van der Waals surface area contributed by atoms with Crippen LogP contribution in [0, 0.1) is 0 Å². The number of hydrogen-bond donors (Lipinski definition) is 1. The fourth-order valence-corrected chi connectivity index (χ4v) is 3.86. The van der Waals surface area contributed by atoms with Crippen LogP contribution in [0.2, 0.25) is 0 Å². The van der Waals surface area contributed by atoms with Crippen molar-refractivity contribution in [3.63, 3.8) is 0 Å². The van der Waals surface area contributed by atoms with Crippen molar-refractivity contribution < 1.29 is 9.59 Å². The van der Waals surface area contributed by atoms with Crippen LogP contribution in [0.1, 0.15) is 53.7 Å². The summed E-state index contributed by atoms with van der Waals surface area (Å²) in [4.78, 5) is 28.6. The Morgan fingerprint density at radius 1 is 1.00 bits per heavy atom. The van der Waals surface area contributed by atoms with Crippen LogP contribution in [0.3, 0.4) is 0 Å². The van der Waals surface area contributed by atoms with Crippen LogP contribution in [0.4, 0.5) is 5.69 Å².